The second-order valence-electron chi connectivity index (χ2n) is 4.96. The number of fused-ring (bicyclic) bond motifs is 1. The normalized spacial score (nSPS) is 14.1. The van der Waals surface area contributed by atoms with E-state index in [0.29, 0.717) is 6.54 Å². The van der Waals surface area contributed by atoms with Crippen LogP contribution in [0, 0.1) is 0 Å². The third-order valence-electron chi connectivity index (χ3n) is 3.57. The molecule has 1 aliphatic rings. The monoisotopic (exact) mass is 286 g/mol. The lowest BCUT2D eigenvalue weighted by Crippen LogP contribution is -2.40. The van der Waals surface area contributed by atoms with E-state index >= 15 is 0 Å². The first-order valence-electron chi connectivity index (χ1n) is 6.96. The Balaban J connectivity index is 1.60. The van der Waals surface area contributed by atoms with Crippen LogP contribution in [0.2, 0.25) is 0 Å². The maximum atomic E-state index is 12.4. The Hall–Kier alpha value is -1.65. The number of anilines is 1. The van der Waals surface area contributed by atoms with Crippen LogP contribution in [0.15, 0.2) is 41.8 Å². The van der Waals surface area contributed by atoms with Crippen LogP contribution in [-0.2, 0) is 17.8 Å². The summed E-state index contributed by atoms with van der Waals surface area (Å²) < 4.78 is 0. The maximum absolute atomic E-state index is 12.4. The molecule has 1 aliphatic heterocycles. The van der Waals surface area contributed by atoms with Crippen molar-refractivity contribution in [2.45, 2.75) is 19.4 Å². The Labute approximate surface area is 123 Å². The van der Waals surface area contributed by atoms with Crippen molar-refractivity contribution in [3.05, 3.63) is 52.2 Å². The van der Waals surface area contributed by atoms with Gasteiger partial charge in [0.1, 0.15) is 0 Å². The van der Waals surface area contributed by atoms with Crippen molar-refractivity contribution < 1.29 is 4.79 Å². The molecule has 0 unspecified atom stereocenters. The molecule has 0 saturated heterocycles. The average molecular weight is 286 g/mol. The Bertz CT molecular complexity index is 580. The van der Waals surface area contributed by atoms with Crippen molar-refractivity contribution >= 4 is 22.9 Å². The molecule has 2 aromatic rings. The molecule has 1 aromatic carbocycles. The van der Waals surface area contributed by atoms with Gasteiger partial charge in [-0.2, -0.15) is 0 Å². The number of hydrogen-bond acceptors (Lipinski definition) is 3. The molecular weight excluding hydrogens is 268 g/mol. The Morgan fingerprint density at radius 2 is 2.15 bits per heavy atom. The molecule has 0 radical (unpaired) electrons. The molecule has 0 saturated carbocycles. The zero-order chi connectivity index (χ0) is 13.8. The molecule has 1 N–H and O–H groups in total. The van der Waals surface area contributed by atoms with Gasteiger partial charge in [-0.3, -0.25) is 4.79 Å². The van der Waals surface area contributed by atoms with E-state index in [1.54, 1.807) is 11.3 Å². The fourth-order valence-electron chi connectivity index (χ4n) is 2.59. The molecule has 0 spiro atoms. The number of thiophene rings is 1. The summed E-state index contributed by atoms with van der Waals surface area (Å²) in [6, 6.07) is 12.3. The molecule has 0 atom stereocenters. The number of nitrogens with one attached hydrogen (secondary N) is 1. The molecule has 3 rings (SSSR count). The van der Waals surface area contributed by atoms with Gasteiger partial charge in [0, 0.05) is 23.7 Å². The summed E-state index contributed by atoms with van der Waals surface area (Å²) in [5.74, 6) is 0.161. The molecular formula is C16H18N2OS. The van der Waals surface area contributed by atoms with Crippen molar-refractivity contribution in [2.75, 3.05) is 18.0 Å². The predicted molar refractivity (Wildman–Crippen MR) is 83.1 cm³/mol. The second-order valence-corrected chi connectivity index (χ2v) is 5.99. The molecule has 104 valence electrons. The standard InChI is InChI=1S/C16H18N2OS/c19-16(12-17-11-14-7-4-10-20-14)18-9-3-6-13-5-1-2-8-15(13)18/h1-2,4-5,7-8,10,17H,3,6,9,11-12H2. The van der Waals surface area contributed by atoms with Gasteiger partial charge in [-0.1, -0.05) is 24.3 Å². The fraction of sp³-hybridized carbons (Fsp3) is 0.312. The quantitative estimate of drug-likeness (QED) is 0.937. The van der Waals surface area contributed by atoms with E-state index in [1.165, 1.54) is 10.4 Å². The van der Waals surface area contributed by atoms with E-state index in [-0.39, 0.29) is 5.91 Å². The van der Waals surface area contributed by atoms with Crippen LogP contribution in [0.1, 0.15) is 16.9 Å². The minimum Gasteiger partial charge on any atom is -0.311 e. The lowest BCUT2D eigenvalue weighted by atomic mass is 10.0. The van der Waals surface area contributed by atoms with E-state index < -0.39 is 0 Å². The zero-order valence-corrected chi connectivity index (χ0v) is 12.2. The third-order valence-corrected chi connectivity index (χ3v) is 4.44. The number of carbonyl (C=O) groups excluding carboxylic acids is 1. The molecule has 0 bridgehead atoms. The molecule has 3 nitrogen and oxygen atoms in total. The van der Waals surface area contributed by atoms with Gasteiger partial charge >= 0.3 is 0 Å². The SMILES string of the molecule is O=C(CNCc1cccs1)N1CCCc2ccccc21. The zero-order valence-electron chi connectivity index (χ0n) is 11.3. The van der Waals surface area contributed by atoms with Crippen molar-refractivity contribution in [1.82, 2.24) is 5.32 Å². The highest BCUT2D eigenvalue weighted by Crippen LogP contribution is 2.26. The number of amides is 1. The molecule has 4 heteroatoms. The van der Waals surface area contributed by atoms with Gasteiger partial charge in [-0.25, -0.2) is 0 Å². The largest absolute Gasteiger partial charge is 0.311 e. The van der Waals surface area contributed by atoms with E-state index in [0.717, 1.165) is 31.6 Å². The third kappa shape index (κ3) is 2.92. The van der Waals surface area contributed by atoms with Crippen LogP contribution in [0.25, 0.3) is 0 Å². The van der Waals surface area contributed by atoms with Crippen LogP contribution in [-0.4, -0.2) is 19.0 Å². The first-order valence-corrected chi connectivity index (χ1v) is 7.84. The maximum Gasteiger partial charge on any atom is 0.240 e. The summed E-state index contributed by atoms with van der Waals surface area (Å²) in [6.45, 7) is 1.99. The average Bonchev–Trinajstić information content (AvgIpc) is 3.00. The number of para-hydroxylation sites is 1. The molecule has 1 amide bonds. The number of rotatable bonds is 4. The van der Waals surface area contributed by atoms with Crippen LogP contribution >= 0.6 is 11.3 Å². The van der Waals surface area contributed by atoms with Gasteiger partial charge in [0.15, 0.2) is 0 Å². The first-order chi connectivity index (χ1) is 9.84. The molecule has 2 heterocycles. The highest BCUT2D eigenvalue weighted by atomic mass is 32.1. The second kappa shape index (κ2) is 6.20. The number of carbonyl (C=O) groups is 1. The van der Waals surface area contributed by atoms with E-state index in [2.05, 4.69) is 22.8 Å². The van der Waals surface area contributed by atoms with Crippen molar-refractivity contribution in [3.63, 3.8) is 0 Å². The first kappa shape index (κ1) is 13.3. The summed E-state index contributed by atoms with van der Waals surface area (Å²) in [7, 11) is 0. The van der Waals surface area contributed by atoms with Crippen molar-refractivity contribution in [2.24, 2.45) is 0 Å². The summed E-state index contributed by atoms with van der Waals surface area (Å²) in [5.41, 5.74) is 2.37. The smallest absolute Gasteiger partial charge is 0.240 e. The van der Waals surface area contributed by atoms with Gasteiger partial charge < -0.3 is 10.2 Å². The molecule has 1 aromatic heterocycles. The number of benzene rings is 1. The minimum absolute atomic E-state index is 0.161. The van der Waals surface area contributed by atoms with Gasteiger partial charge in [-0.15, -0.1) is 11.3 Å². The summed E-state index contributed by atoms with van der Waals surface area (Å²) >= 11 is 1.71. The van der Waals surface area contributed by atoms with Crippen LogP contribution in [0.3, 0.4) is 0 Å². The van der Waals surface area contributed by atoms with E-state index in [1.807, 2.05) is 29.2 Å². The van der Waals surface area contributed by atoms with Gasteiger partial charge in [0.05, 0.1) is 6.54 Å². The minimum atomic E-state index is 0.161. The summed E-state index contributed by atoms with van der Waals surface area (Å²) in [5, 5.41) is 5.29. The van der Waals surface area contributed by atoms with Gasteiger partial charge in [-0.05, 0) is 35.9 Å². The van der Waals surface area contributed by atoms with Crippen LogP contribution in [0.5, 0.6) is 0 Å². The molecule has 0 aliphatic carbocycles. The van der Waals surface area contributed by atoms with E-state index in [9.17, 15) is 4.79 Å². The Morgan fingerprint density at radius 3 is 3.00 bits per heavy atom. The predicted octanol–water partition coefficient (Wildman–Crippen LogP) is 2.82. The number of hydrogen-bond donors (Lipinski definition) is 1. The Kier molecular flexibility index (Phi) is 4.14. The highest BCUT2D eigenvalue weighted by Gasteiger charge is 2.21. The van der Waals surface area contributed by atoms with Crippen molar-refractivity contribution in [3.8, 4) is 0 Å². The van der Waals surface area contributed by atoms with Crippen LogP contribution in [0.4, 0.5) is 5.69 Å². The van der Waals surface area contributed by atoms with Crippen LogP contribution < -0.4 is 10.2 Å². The highest BCUT2D eigenvalue weighted by molar-refractivity contribution is 7.09. The van der Waals surface area contributed by atoms with Gasteiger partial charge in [0.25, 0.3) is 0 Å². The summed E-state index contributed by atoms with van der Waals surface area (Å²) in [6.07, 6.45) is 2.12. The van der Waals surface area contributed by atoms with Gasteiger partial charge in [0.2, 0.25) is 5.91 Å². The number of aryl methyl sites for hydroxylation is 1. The summed E-state index contributed by atoms with van der Waals surface area (Å²) in [4.78, 5) is 15.5. The van der Waals surface area contributed by atoms with E-state index in [4.69, 9.17) is 0 Å². The van der Waals surface area contributed by atoms with Crippen molar-refractivity contribution in [1.29, 1.82) is 0 Å². The molecule has 0 fully saturated rings. The lowest BCUT2D eigenvalue weighted by Gasteiger charge is -2.29. The fourth-order valence-corrected chi connectivity index (χ4v) is 3.27. The number of nitrogens with zero attached hydrogens (tertiary/aromatic N) is 1. The topological polar surface area (TPSA) is 32.3 Å². The Morgan fingerprint density at radius 1 is 1.25 bits per heavy atom. The molecule has 20 heavy (non-hydrogen) atoms. The lowest BCUT2D eigenvalue weighted by molar-refractivity contribution is -0.117.